The lowest BCUT2D eigenvalue weighted by Gasteiger charge is -2.18. The van der Waals surface area contributed by atoms with Crippen LogP contribution >= 0.6 is 12.4 Å². The SMILES string of the molecule is CCN(CC)C(=O)c1ccc(S(=O)(=O)NCC(N)C2CC2)cc1.Cl. The maximum Gasteiger partial charge on any atom is 0.253 e. The van der Waals surface area contributed by atoms with Crippen molar-refractivity contribution in [1.82, 2.24) is 9.62 Å². The highest BCUT2D eigenvalue weighted by atomic mass is 35.5. The lowest BCUT2D eigenvalue weighted by Crippen LogP contribution is -2.38. The number of halogens is 1. The summed E-state index contributed by atoms with van der Waals surface area (Å²) < 4.78 is 27.0. The second-order valence-corrected chi connectivity index (χ2v) is 7.62. The Kier molecular flexibility index (Phi) is 7.66. The fourth-order valence-electron chi connectivity index (χ4n) is 2.45. The van der Waals surface area contributed by atoms with Gasteiger partial charge in [-0.25, -0.2) is 13.1 Å². The quantitative estimate of drug-likeness (QED) is 0.721. The summed E-state index contributed by atoms with van der Waals surface area (Å²) in [6.07, 6.45) is 2.15. The summed E-state index contributed by atoms with van der Waals surface area (Å²) in [5, 5.41) is 0. The smallest absolute Gasteiger partial charge is 0.253 e. The summed E-state index contributed by atoms with van der Waals surface area (Å²) in [7, 11) is -3.59. The minimum Gasteiger partial charge on any atom is -0.339 e. The maximum absolute atomic E-state index is 12.2. The number of nitrogens with one attached hydrogen (secondary N) is 1. The Hall–Kier alpha value is -1.15. The number of hydrogen-bond acceptors (Lipinski definition) is 4. The number of hydrogen-bond donors (Lipinski definition) is 2. The molecule has 8 heteroatoms. The van der Waals surface area contributed by atoms with Gasteiger partial charge in [-0.1, -0.05) is 0 Å². The molecular weight excluding hydrogens is 350 g/mol. The lowest BCUT2D eigenvalue weighted by atomic mass is 10.2. The van der Waals surface area contributed by atoms with Gasteiger partial charge >= 0.3 is 0 Å². The highest BCUT2D eigenvalue weighted by Crippen LogP contribution is 2.31. The standard InChI is InChI=1S/C16H25N3O3S.ClH/c1-3-19(4-2)16(20)13-7-9-14(10-8-13)23(21,22)18-11-15(17)12-5-6-12;/h7-10,12,15,18H,3-6,11,17H2,1-2H3;1H. The Morgan fingerprint density at radius 3 is 2.25 bits per heavy atom. The summed E-state index contributed by atoms with van der Waals surface area (Å²) in [6, 6.07) is 5.89. The molecule has 1 amide bonds. The van der Waals surface area contributed by atoms with Crippen LogP contribution in [0.15, 0.2) is 29.2 Å². The normalized spacial score (nSPS) is 15.5. The van der Waals surface area contributed by atoms with Gasteiger partial charge in [0.05, 0.1) is 4.90 Å². The minimum absolute atomic E-state index is 0. The maximum atomic E-state index is 12.2. The van der Waals surface area contributed by atoms with Gasteiger partial charge in [0.25, 0.3) is 5.91 Å². The zero-order valence-corrected chi connectivity index (χ0v) is 15.7. The zero-order chi connectivity index (χ0) is 17.0. The molecule has 1 aromatic rings. The number of rotatable bonds is 8. The van der Waals surface area contributed by atoms with Gasteiger partial charge in [0.2, 0.25) is 10.0 Å². The lowest BCUT2D eigenvalue weighted by molar-refractivity contribution is 0.0773. The van der Waals surface area contributed by atoms with E-state index in [0.29, 0.717) is 24.6 Å². The van der Waals surface area contributed by atoms with Crippen LogP contribution in [-0.2, 0) is 10.0 Å². The van der Waals surface area contributed by atoms with Crippen molar-refractivity contribution < 1.29 is 13.2 Å². The van der Waals surface area contributed by atoms with Crippen molar-refractivity contribution in [1.29, 1.82) is 0 Å². The third-order valence-corrected chi connectivity index (χ3v) is 5.64. The van der Waals surface area contributed by atoms with Crippen molar-refractivity contribution in [2.75, 3.05) is 19.6 Å². The first-order valence-corrected chi connectivity index (χ1v) is 9.52. The summed E-state index contributed by atoms with van der Waals surface area (Å²) in [6.45, 7) is 5.31. The van der Waals surface area contributed by atoms with Crippen LogP contribution in [0.5, 0.6) is 0 Å². The molecule has 1 fully saturated rings. The van der Waals surface area contributed by atoms with E-state index < -0.39 is 10.0 Å². The average Bonchev–Trinajstić information content (AvgIpc) is 3.39. The first-order valence-electron chi connectivity index (χ1n) is 8.03. The number of carbonyl (C=O) groups is 1. The molecule has 0 aromatic heterocycles. The molecule has 0 heterocycles. The zero-order valence-electron chi connectivity index (χ0n) is 14.1. The molecule has 0 aliphatic heterocycles. The number of nitrogens with two attached hydrogens (primary N) is 1. The second-order valence-electron chi connectivity index (χ2n) is 5.86. The highest BCUT2D eigenvalue weighted by molar-refractivity contribution is 7.89. The minimum atomic E-state index is -3.59. The van der Waals surface area contributed by atoms with Crippen LogP contribution in [0, 0.1) is 5.92 Å². The van der Waals surface area contributed by atoms with Gasteiger partial charge in [-0.3, -0.25) is 4.79 Å². The number of carbonyl (C=O) groups excluding carboxylic acids is 1. The van der Waals surface area contributed by atoms with Crippen LogP contribution in [0.25, 0.3) is 0 Å². The van der Waals surface area contributed by atoms with Crippen molar-refractivity contribution in [2.45, 2.75) is 37.6 Å². The van der Waals surface area contributed by atoms with E-state index in [1.54, 1.807) is 17.0 Å². The Labute approximate surface area is 150 Å². The van der Waals surface area contributed by atoms with Crippen molar-refractivity contribution in [2.24, 2.45) is 11.7 Å². The molecule has 0 radical (unpaired) electrons. The fourth-order valence-corrected chi connectivity index (χ4v) is 3.52. The fraction of sp³-hybridized carbons (Fsp3) is 0.562. The number of sulfonamides is 1. The monoisotopic (exact) mass is 375 g/mol. The molecule has 0 saturated heterocycles. The molecule has 1 aliphatic carbocycles. The molecule has 6 nitrogen and oxygen atoms in total. The van der Waals surface area contributed by atoms with E-state index in [4.69, 9.17) is 5.73 Å². The van der Waals surface area contributed by atoms with E-state index in [2.05, 4.69) is 4.72 Å². The van der Waals surface area contributed by atoms with E-state index in [9.17, 15) is 13.2 Å². The summed E-state index contributed by atoms with van der Waals surface area (Å²) >= 11 is 0. The molecule has 24 heavy (non-hydrogen) atoms. The van der Waals surface area contributed by atoms with E-state index >= 15 is 0 Å². The third-order valence-electron chi connectivity index (χ3n) is 4.20. The number of amides is 1. The summed E-state index contributed by atoms with van der Waals surface area (Å²) in [5.41, 5.74) is 6.40. The molecule has 0 bridgehead atoms. The third kappa shape index (κ3) is 5.17. The second kappa shape index (κ2) is 8.80. The van der Waals surface area contributed by atoms with E-state index in [1.807, 2.05) is 13.8 Å². The largest absolute Gasteiger partial charge is 0.339 e. The van der Waals surface area contributed by atoms with Crippen molar-refractivity contribution in [3.05, 3.63) is 29.8 Å². The summed E-state index contributed by atoms with van der Waals surface area (Å²) in [4.78, 5) is 14.0. The van der Waals surface area contributed by atoms with Gasteiger partial charge in [0, 0.05) is 31.2 Å². The Morgan fingerprint density at radius 2 is 1.79 bits per heavy atom. The molecule has 1 aromatic carbocycles. The molecule has 136 valence electrons. The van der Waals surface area contributed by atoms with Crippen LogP contribution in [0.4, 0.5) is 0 Å². The molecule has 1 atom stereocenters. The van der Waals surface area contributed by atoms with Crippen LogP contribution in [0.2, 0.25) is 0 Å². The first-order chi connectivity index (χ1) is 10.9. The van der Waals surface area contributed by atoms with Crippen molar-refractivity contribution in [3.8, 4) is 0 Å². The van der Waals surface area contributed by atoms with Crippen molar-refractivity contribution >= 4 is 28.3 Å². The van der Waals surface area contributed by atoms with Gasteiger partial charge in [0.1, 0.15) is 0 Å². The van der Waals surface area contributed by atoms with E-state index in [0.717, 1.165) is 12.8 Å². The Balaban J connectivity index is 0.00000288. The van der Waals surface area contributed by atoms with Gasteiger partial charge in [-0.2, -0.15) is 0 Å². The van der Waals surface area contributed by atoms with Gasteiger partial charge in [-0.15, -0.1) is 12.4 Å². The highest BCUT2D eigenvalue weighted by Gasteiger charge is 2.29. The topological polar surface area (TPSA) is 92.5 Å². The predicted molar refractivity (Wildman–Crippen MR) is 96.8 cm³/mol. The average molecular weight is 376 g/mol. The Bertz CT molecular complexity index is 641. The molecule has 1 aliphatic rings. The molecule has 1 unspecified atom stereocenters. The Morgan fingerprint density at radius 1 is 1.25 bits per heavy atom. The predicted octanol–water partition coefficient (Wildman–Crippen LogP) is 1.61. The van der Waals surface area contributed by atoms with Crippen LogP contribution in [0.3, 0.4) is 0 Å². The van der Waals surface area contributed by atoms with Crippen molar-refractivity contribution in [3.63, 3.8) is 0 Å². The van der Waals surface area contributed by atoms with E-state index in [-0.39, 0.29) is 35.8 Å². The summed E-state index contributed by atoms with van der Waals surface area (Å²) in [5.74, 6) is 0.342. The van der Waals surface area contributed by atoms with Gasteiger partial charge < -0.3 is 10.6 Å². The van der Waals surface area contributed by atoms with E-state index in [1.165, 1.54) is 12.1 Å². The molecule has 0 spiro atoms. The van der Waals surface area contributed by atoms with Crippen LogP contribution in [0.1, 0.15) is 37.0 Å². The van der Waals surface area contributed by atoms with Gasteiger partial charge in [0.15, 0.2) is 0 Å². The first kappa shape index (κ1) is 20.9. The molecule has 3 N–H and O–H groups in total. The number of nitrogens with zero attached hydrogens (tertiary/aromatic N) is 1. The number of benzene rings is 1. The van der Waals surface area contributed by atoms with Gasteiger partial charge in [-0.05, 0) is 56.9 Å². The van der Waals surface area contributed by atoms with Crippen LogP contribution in [-0.4, -0.2) is 44.9 Å². The molecular formula is C16H26ClN3O3S. The molecule has 2 rings (SSSR count). The van der Waals surface area contributed by atoms with Crippen LogP contribution < -0.4 is 10.5 Å². The molecule has 1 saturated carbocycles.